The number of nitrogens with zero attached hydrogens (tertiary/aromatic N) is 2. The molecule has 3 saturated heterocycles. The third-order valence-corrected chi connectivity index (χ3v) is 8.93. The van der Waals surface area contributed by atoms with E-state index in [9.17, 15) is 10.4 Å². The molecule has 5 rings (SSSR count). The lowest BCUT2D eigenvalue weighted by molar-refractivity contribution is -0.164. The minimum Gasteiger partial charge on any atom is -0.445 e. The Morgan fingerprint density at radius 2 is 1.85 bits per heavy atom. The van der Waals surface area contributed by atoms with E-state index in [-0.39, 0.29) is 54.6 Å². The van der Waals surface area contributed by atoms with Crippen molar-refractivity contribution < 1.29 is 28.5 Å². The van der Waals surface area contributed by atoms with Crippen LogP contribution >= 0.6 is 0 Å². The van der Waals surface area contributed by atoms with Crippen molar-refractivity contribution >= 4 is 6.08 Å². The Bertz CT molecular complexity index is 1180. The Kier molecular flexibility index (Phi) is 9.95. The van der Waals surface area contributed by atoms with E-state index in [1.165, 1.54) is 5.57 Å². The first-order chi connectivity index (χ1) is 19.8. The van der Waals surface area contributed by atoms with Crippen molar-refractivity contribution in [2.75, 3.05) is 6.61 Å². The van der Waals surface area contributed by atoms with Crippen molar-refractivity contribution in [1.82, 2.24) is 4.98 Å². The predicted molar refractivity (Wildman–Crippen MR) is 155 cm³/mol. The Morgan fingerprint density at radius 3 is 2.68 bits per heavy atom. The van der Waals surface area contributed by atoms with E-state index in [2.05, 4.69) is 43.6 Å². The van der Waals surface area contributed by atoms with Crippen LogP contribution in [0.3, 0.4) is 0 Å². The predicted octanol–water partition coefficient (Wildman–Crippen LogP) is 6.01. The summed E-state index contributed by atoms with van der Waals surface area (Å²) in [5.74, 6) is 0.732. The van der Waals surface area contributed by atoms with Gasteiger partial charge in [-0.25, -0.2) is 4.98 Å². The van der Waals surface area contributed by atoms with Crippen molar-refractivity contribution in [2.24, 2.45) is 11.8 Å². The molecule has 8 nitrogen and oxygen atoms in total. The molecule has 0 spiro atoms. The van der Waals surface area contributed by atoms with Gasteiger partial charge in [-0.05, 0) is 50.7 Å². The lowest BCUT2D eigenvalue weighted by Crippen LogP contribution is -2.50. The zero-order chi connectivity index (χ0) is 28.9. The molecule has 0 radical (unpaired) electrons. The van der Waals surface area contributed by atoms with E-state index in [1.807, 2.05) is 19.1 Å². The fourth-order valence-electron chi connectivity index (χ4n) is 6.89. The number of nitriles is 1. The fourth-order valence-corrected chi connectivity index (χ4v) is 6.89. The first kappa shape index (κ1) is 29.9. The maximum atomic E-state index is 10.7. The van der Waals surface area contributed by atoms with Gasteiger partial charge in [0.05, 0.1) is 55.4 Å². The van der Waals surface area contributed by atoms with Gasteiger partial charge in [0, 0.05) is 30.8 Å². The molecule has 0 unspecified atom stereocenters. The summed E-state index contributed by atoms with van der Waals surface area (Å²) in [6, 6.07) is 2.15. The minimum absolute atomic E-state index is 0.00858. The fraction of sp³-hybridized carbons (Fsp3) is 0.636. The van der Waals surface area contributed by atoms with Gasteiger partial charge >= 0.3 is 0 Å². The molecule has 8 heteroatoms. The van der Waals surface area contributed by atoms with Crippen LogP contribution in [0.15, 0.2) is 52.7 Å². The number of allylic oxidation sites excluding steroid dienone is 1. The second kappa shape index (κ2) is 13.6. The Labute approximate surface area is 243 Å². The Hall–Kier alpha value is -2.54. The molecule has 0 aliphatic carbocycles. The summed E-state index contributed by atoms with van der Waals surface area (Å²) in [4.78, 5) is 4.67. The molecular formula is C33H44N2O6. The number of rotatable bonds is 1. The number of aliphatic hydroxyl groups excluding tert-OH is 1. The topological polar surface area (TPSA) is 107 Å². The number of fused-ring (bicyclic) bond motifs is 9. The van der Waals surface area contributed by atoms with Gasteiger partial charge in [-0.3, -0.25) is 0 Å². The lowest BCUT2D eigenvalue weighted by atomic mass is 9.79. The third-order valence-electron chi connectivity index (χ3n) is 8.93. The van der Waals surface area contributed by atoms with E-state index >= 15 is 0 Å². The molecule has 4 aliphatic heterocycles. The molecule has 0 aromatic carbocycles. The van der Waals surface area contributed by atoms with Gasteiger partial charge in [0.1, 0.15) is 18.1 Å². The van der Waals surface area contributed by atoms with E-state index < -0.39 is 6.10 Å². The van der Waals surface area contributed by atoms with Gasteiger partial charge in [0.15, 0.2) is 0 Å². The maximum Gasteiger partial charge on any atom is 0.218 e. The van der Waals surface area contributed by atoms with Crippen molar-refractivity contribution in [3.63, 3.8) is 0 Å². The van der Waals surface area contributed by atoms with Crippen LogP contribution in [0.25, 0.3) is 6.08 Å². The second-order valence-corrected chi connectivity index (χ2v) is 12.2. The summed E-state index contributed by atoms with van der Waals surface area (Å²) in [5.41, 5.74) is 2.79. The van der Waals surface area contributed by atoms with Crippen LogP contribution in [-0.4, -0.2) is 59.4 Å². The number of aliphatic hydroxyl groups is 1. The van der Waals surface area contributed by atoms with Gasteiger partial charge in [-0.15, -0.1) is 0 Å². The Balaban J connectivity index is 1.39. The summed E-state index contributed by atoms with van der Waals surface area (Å²) in [6.45, 7) is 11.0. The van der Waals surface area contributed by atoms with Crippen molar-refractivity contribution in [1.29, 1.82) is 5.26 Å². The van der Waals surface area contributed by atoms with Crippen LogP contribution in [0.5, 0.6) is 0 Å². The summed E-state index contributed by atoms with van der Waals surface area (Å²) in [5, 5.41) is 19.9. The van der Waals surface area contributed by atoms with Crippen molar-refractivity contribution in [3.8, 4) is 6.07 Å². The summed E-state index contributed by atoms with van der Waals surface area (Å²) in [6.07, 6.45) is 15.0. The molecule has 41 heavy (non-hydrogen) atoms. The third kappa shape index (κ3) is 7.46. The molecule has 222 valence electrons. The molecular weight excluding hydrogens is 520 g/mol. The molecule has 1 aromatic heterocycles. The van der Waals surface area contributed by atoms with Crippen LogP contribution in [-0.2, 0) is 18.9 Å². The van der Waals surface area contributed by atoms with Crippen molar-refractivity contribution in [2.45, 2.75) is 115 Å². The highest BCUT2D eigenvalue weighted by Crippen LogP contribution is 2.38. The van der Waals surface area contributed by atoms with Crippen LogP contribution < -0.4 is 0 Å². The minimum atomic E-state index is -0.465. The van der Waals surface area contributed by atoms with Gasteiger partial charge < -0.3 is 28.5 Å². The second-order valence-electron chi connectivity index (χ2n) is 12.2. The average Bonchev–Trinajstić information content (AvgIpc) is 3.39. The van der Waals surface area contributed by atoms with E-state index in [0.717, 1.165) is 24.8 Å². The average molecular weight is 565 g/mol. The van der Waals surface area contributed by atoms with Gasteiger partial charge in [0.25, 0.3) is 0 Å². The summed E-state index contributed by atoms with van der Waals surface area (Å²) >= 11 is 0. The zero-order valence-corrected chi connectivity index (χ0v) is 24.5. The molecule has 1 N–H and O–H groups in total. The number of aromatic nitrogens is 1. The molecule has 0 saturated carbocycles. The van der Waals surface area contributed by atoms with Crippen LogP contribution in [0.4, 0.5) is 0 Å². The smallest absolute Gasteiger partial charge is 0.218 e. The Morgan fingerprint density at radius 1 is 1.02 bits per heavy atom. The van der Waals surface area contributed by atoms with Crippen LogP contribution in [0, 0.1) is 23.2 Å². The molecule has 10 atom stereocenters. The van der Waals surface area contributed by atoms with Crippen molar-refractivity contribution in [3.05, 3.63) is 59.9 Å². The molecule has 5 heterocycles. The summed E-state index contributed by atoms with van der Waals surface area (Å²) < 4.78 is 31.7. The highest BCUT2D eigenvalue weighted by atomic mass is 16.5. The quantitative estimate of drug-likeness (QED) is 0.327. The van der Waals surface area contributed by atoms with Gasteiger partial charge in [-0.1, -0.05) is 44.2 Å². The highest BCUT2D eigenvalue weighted by Gasteiger charge is 2.42. The van der Waals surface area contributed by atoms with Gasteiger partial charge in [0.2, 0.25) is 5.89 Å². The SMILES string of the molecule is C=C1C[C@@H]2C[C@@H]3C[C@@H](O)C[C@@H](O3)c3coc(n3)/C=C/C[C@H]3O[C@@H](/C(C)=C/C#N)[C@H](C)[C@@H](OC/C=C\C[C@@H](C1)O2)[C@H]3C. The van der Waals surface area contributed by atoms with Crippen LogP contribution in [0.1, 0.15) is 83.4 Å². The molecule has 0 amide bonds. The number of hydrogen-bond donors (Lipinski definition) is 1. The molecule has 8 bridgehead atoms. The summed E-state index contributed by atoms with van der Waals surface area (Å²) in [7, 11) is 0. The number of oxazole rings is 1. The normalized spacial score (nSPS) is 40.6. The lowest BCUT2D eigenvalue weighted by Gasteiger charge is -2.45. The zero-order valence-electron chi connectivity index (χ0n) is 24.5. The van der Waals surface area contributed by atoms with E-state index in [4.69, 9.17) is 23.4 Å². The highest BCUT2D eigenvalue weighted by molar-refractivity contribution is 5.38. The molecule has 3 fully saturated rings. The van der Waals surface area contributed by atoms with E-state index in [0.29, 0.717) is 43.9 Å². The maximum absolute atomic E-state index is 10.7. The van der Waals surface area contributed by atoms with Crippen LogP contribution in [0.2, 0.25) is 0 Å². The number of ether oxygens (including phenoxy) is 4. The van der Waals surface area contributed by atoms with E-state index in [1.54, 1.807) is 12.3 Å². The first-order valence-electron chi connectivity index (χ1n) is 15.1. The monoisotopic (exact) mass is 564 g/mol. The molecule has 1 aromatic rings. The standard InChI is InChI=1S/C33H44N2O6/c1-20-14-25-8-5-6-13-37-33-22(3)29(41-32(23(33)4)21(2)11-12-34)9-7-10-31-35-28(19-38-31)30-17-24(36)16-27(40-30)18-26(15-20)39-25/h5-7,10-11,19,22-27,29-30,32-33,36H,1,8-9,13-18H2,2-4H3/b6-5-,10-7+,21-11+/t22-,23-,24+,25-,26+,27-,29+,30+,32-,33-/m0/s1. The number of hydrogen-bond acceptors (Lipinski definition) is 8. The largest absolute Gasteiger partial charge is 0.445 e. The first-order valence-corrected chi connectivity index (χ1v) is 15.1. The van der Waals surface area contributed by atoms with Gasteiger partial charge in [-0.2, -0.15) is 5.26 Å². The molecule has 4 aliphatic rings.